The quantitative estimate of drug-likeness (QED) is 0.334. The van der Waals surface area contributed by atoms with Crippen LogP contribution in [0.5, 0.6) is 0 Å². The molecule has 0 saturated carbocycles. The molecule has 1 aromatic rings. The van der Waals surface area contributed by atoms with E-state index in [0.717, 1.165) is 0 Å². The number of nitrogens with zero attached hydrogens (tertiary/aromatic N) is 2. The number of hydrogen-bond donors (Lipinski definition) is 3. The van der Waals surface area contributed by atoms with Gasteiger partial charge in [-0.15, -0.1) is 11.8 Å². The second kappa shape index (κ2) is 9.80. The predicted molar refractivity (Wildman–Crippen MR) is 133 cm³/mol. The normalized spacial score (nSPS) is 30.3. The van der Waals surface area contributed by atoms with Crippen LogP contribution in [0.1, 0.15) is 46.8 Å². The molecular weight excluding hydrogens is 502 g/mol. The zero-order valence-electron chi connectivity index (χ0n) is 21.5. The van der Waals surface area contributed by atoms with Crippen molar-refractivity contribution < 1.29 is 38.5 Å². The third-order valence-corrected chi connectivity index (χ3v) is 8.44. The Morgan fingerprint density at radius 2 is 2.11 bits per heavy atom. The molecule has 1 aromatic heterocycles. The van der Waals surface area contributed by atoms with Crippen molar-refractivity contribution in [2.75, 3.05) is 6.54 Å². The van der Waals surface area contributed by atoms with Crippen LogP contribution in [0.2, 0.25) is 0 Å². The van der Waals surface area contributed by atoms with Gasteiger partial charge >= 0.3 is 12.1 Å². The molecule has 12 heteroatoms. The van der Waals surface area contributed by atoms with Crippen LogP contribution in [0.15, 0.2) is 33.4 Å². The molecule has 3 N–H and O–H groups in total. The molecule has 11 nitrogen and oxygen atoms in total. The molecule has 4 heterocycles. The number of likely N-dealkylation sites (tertiary alicyclic amines) is 1. The standard InChI is InChI=1S/C25H33N3O8S/c1-13-18-17(14(2)30)21(31)28(18)19(22(32)33)20(13)37-16-9-25(12-29,26-10-15-7-6-8-35-15)27(11-16)23(34)36-24(3,4)5/h6-8,12-14,16-18,26,30H,9-11H2,1-5H3,(H,32,33)/t13-,14-,16+,17-,18-,25+/m1/s1. The summed E-state index contributed by atoms with van der Waals surface area (Å²) in [4.78, 5) is 53.7. The Morgan fingerprint density at radius 1 is 1.41 bits per heavy atom. The average molecular weight is 536 g/mol. The lowest BCUT2D eigenvalue weighted by atomic mass is 9.79. The van der Waals surface area contributed by atoms with Crippen LogP contribution in [0.25, 0.3) is 0 Å². The first-order valence-corrected chi connectivity index (χ1v) is 13.1. The Hall–Kier alpha value is -2.83. The maximum absolute atomic E-state index is 13.2. The molecule has 0 spiro atoms. The summed E-state index contributed by atoms with van der Waals surface area (Å²) in [6.45, 7) is 8.85. The van der Waals surface area contributed by atoms with Gasteiger partial charge < -0.3 is 24.3 Å². The number of fused-ring (bicyclic) bond motifs is 1. The Bertz CT molecular complexity index is 1110. The highest BCUT2D eigenvalue weighted by molar-refractivity contribution is 8.03. The molecule has 3 aliphatic rings. The highest BCUT2D eigenvalue weighted by Crippen LogP contribution is 2.52. The summed E-state index contributed by atoms with van der Waals surface area (Å²) in [6.07, 6.45) is 0.789. The summed E-state index contributed by atoms with van der Waals surface area (Å²) in [5.74, 6) is -2.06. The van der Waals surface area contributed by atoms with Crippen LogP contribution >= 0.6 is 11.8 Å². The number of nitrogens with one attached hydrogen (secondary N) is 1. The van der Waals surface area contributed by atoms with E-state index < -0.39 is 47.3 Å². The number of β-lactam (4-membered cyclic amide) rings is 1. The smallest absolute Gasteiger partial charge is 0.412 e. The van der Waals surface area contributed by atoms with Gasteiger partial charge in [0.2, 0.25) is 5.91 Å². The van der Waals surface area contributed by atoms with Gasteiger partial charge in [0.25, 0.3) is 0 Å². The highest BCUT2D eigenvalue weighted by Gasteiger charge is 2.61. The maximum Gasteiger partial charge on any atom is 0.412 e. The summed E-state index contributed by atoms with van der Waals surface area (Å²) >= 11 is 1.25. The highest BCUT2D eigenvalue weighted by atomic mass is 32.2. The number of ether oxygens (including phenoxy) is 1. The molecule has 202 valence electrons. The van der Waals surface area contributed by atoms with Crippen molar-refractivity contribution in [3.8, 4) is 0 Å². The van der Waals surface area contributed by atoms with Gasteiger partial charge in [-0.2, -0.15) is 0 Å². The van der Waals surface area contributed by atoms with Crippen molar-refractivity contribution in [3.63, 3.8) is 0 Å². The van der Waals surface area contributed by atoms with Crippen LogP contribution in [0.4, 0.5) is 4.79 Å². The monoisotopic (exact) mass is 535 g/mol. The number of aliphatic hydroxyl groups is 1. The summed E-state index contributed by atoms with van der Waals surface area (Å²) in [6, 6.07) is 3.02. The lowest BCUT2D eigenvalue weighted by Crippen LogP contribution is -2.63. The molecule has 2 saturated heterocycles. The zero-order chi connectivity index (χ0) is 27.3. The summed E-state index contributed by atoms with van der Waals surface area (Å²) < 4.78 is 11.0. The molecule has 0 radical (unpaired) electrons. The average Bonchev–Trinajstić information content (AvgIpc) is 3.48. The van der Waals surface area contributed by atoms with E-state index in [4.69, 9.17) is 9.15 Å². The third-order valence-electron chi connectivity index (χ3n) is 6.97. The molecule has 37 heavy (non-hydrogen) atoms. The number of rotatable bonds is 8. The van der Waals surface area contributed by atoms with Crippen molar-refractivity contribution in [2.45, 2.75) is 76.2 Å². The van der Waals surface area contributed by atoms with Crippen LogP contribution in [-0.4, -0.2) is 79.5 Å². The molecule has 0 unspecified atom stereocenters. The SMILES string of the molecule is C[C@@H](O)[C@H]1C(=O)N2C(C(=O)O)=C(S[C@@H]3CN(C(=O)OC(C)(C)C)[C@@](C=O)(NCc4ccco4)C3)[C@H](C)[C@H]12. The molecule has 4 rings (SSSR count). The van der Waals surface area contributed by atoms with Crippen molar-refractivity contribution in [1.82, 2.24) is 15.1 Å². The minimum absolute atomic E-state index is 0.0969. The topological polar surface area (TPSA) is 150 Å². The van der Waals surface area contributed by atoms with Gasteiger partial charge in [0, 0.05) is 29.0 Å². The number of carbonyl (C=O) groups excluding carboxylic acids is 3. The fraction of sp³-hybridized carbons (Fsp3) is 0.600. The van der Waals surface area contributed by atoms with Gasteiger partial charge in [-0.3, -0.25) is 19.8 Å². The van der Waals surface area contributed by atoms with Gasteiger partial charge in [0.1, 0.15) is 17.1 Å². The molecule has 0 aliphatic carbocycles. The summed E-state index contributed by atoms with van der Waals surface area (Å²) in [7, 11) is 0. The first kappa shape index (κ1) is 27.2. The number of aliphatic hydroxyl groups excluding tert-OH is 1. The van der Waals surface area contributed by atoms with Gasteiger partial charge in [-0.1, -0.05) is 6.92 Å². The van der Waals surface area contributed by atoms with Crippen LogP contribution in [-0.2, 0) is 25.7 Å². The Balaban J connectivity index is 1.62. The van der Waals surface area contributed by atoms with E-state index in [1.54, 1.807) is 32.9 Å². The Kier molecular flexibility index (Phi) is 7.21. The van der Waals surface area contributed by atoms with Crippen molar-refractivity contribution in [1.29, 1.82) is 0 Å². The van der Waals surface area contributed by atoms with Crippen LogP contribution in [0.3, 0.4) is 0 Å². The Morgan fingerprint density at radius 3 is 2.65 bits per heavy atom. The molecule has 2 amide bonds. The van der Waals surface area contributed by atoms with E-state index in [2.05, 4.69) is 5.32 Å². The number of carboxylic acids is 1. The van der Waals surface area contributed by atoms with E-state index in [-0.39, 0.29) is 36.4 Å². The van der Waals surface area contributed by atoms with Crippen molar-refractivity contribution in [2.24, 2.45) is 11.8 Å². The molecule has 6 atom stereocenters. The largest absolute Gasteiger partial charge is 0.477 e. The van der Waals surface area contributed by atoms with Crippen LogP contribution < -0.4 is 5.32 Å². The summed E-state index contributed by atoms with van der Waals surface area (Å²) in [5, 5.41) is 22.8. The number of furan rings is 1. The second-order valence-electron chi connectivity index (χ2n) is 10.8. The third kappa shape index (κ3) is 4.89. The summed E-state index contributed by atoms with van der Waals surface area (Å²) in [5.41, 5.74) is -2.30. The minimum Gasteiger partial charge on any atom is -0.477 e. The lowest BCUT2D eigenvalue weighted by Gasteiger charge is -2.46. The van der Waals surface area contributed by atoms with Crippen LogP contribution in [0, 0.1) is 11.8 Å². The van der Waals surface area contributed by atoms with Gasteiger partial charge in [0.05, 0.1) is 30.9 Å². The number of carbonyl (C=O) groups is 4. The second-order valence-corrected chi connectivity index (χ2v) is 12.1. The van der Waals surface area contributed by atoms with E-state index in [0.29, 0.717) is 17.0 Å². The number of carboxylic acid groups (broad SMARTS) is 1. The van der Waals surface area contributed by atoms with Crippen molar-refractivity contribution in [3.05, 3.63) is 34.8 Å². The number of hydrogen-bond acceptors (Lipinski definition) is 9. The molecular formula is C25H33N3O8S. The lowest BCUT2D eigenvalue weighted by molar-refractivity contribution is -0.163. The Labute approximate surface area is 219 Å². The first-order valence-electron chi connectivity index (χ1n) is 12.2. The number of thioether (sulfide) groups is 1. The van der Waals surface area contributed by atoms with E-state index in [9.17, 15) is 29.4 Å². The van der Waals surface area contributed by atoms with Crippen molar-refractivity contribution >= 4 is 36.0 Å². The molecule has 0 aromatic carbocycles. The molecule has 2 fully saturated rings. The van der Waals surface area contributed by atoms with E-state index in [1.165, 1.54) is 34.7 Å². The predicted octanol–water partition coefficient (Wildman–Crippen LogP) is 2.16. The molecule has 0 bridgehead atoms. The van der Waals surface area contributed by atoms with Gasteiger partial charge in [-0.05, 0) is 39.8 Å². The fourth-order valence-electron chi connectivity index (χ4n) is 5.35. The maximum atomic E-state index is 13.2. The van der Waals surface area contributed by atoms with E-state index >= 15 is 0 Å². The zero-order valence-corrected chi connectivity index (χ0v) is 22.3. The van der Waals surface area contributed by atoms with Gasteiger partial charge in [-0.25, -0.2) is 9.59 Å². The molecule has 3 aliphatic heterocycles. The van der Waals surface area contributed by atoms with E-state index in [1.807, 2.05) is 6.92 Å². The number of aliphatic carboxylic acids is 1. The minimum atomic E-state index is -1.41. The fourth-order valence-corrected chi connectivity index (χ4v) is 6.93. The number of aldehydes is 1. The first-order chi connectivity index (χ1) is 17.3. The number of amides is 2. The van der Waals surface area contributed by atoms with Gasteiger partial charge in [0.15, 0.2) is 11.9 Å².